The Balaban J connectivity index is 1.68. The summed E-state index contributed by atoms with van der Waals surface area (Å²) in [4.78, 5) is 35.5. The average Bonchev–Trinajstić information content (AvgIpc) is 3.32. The molecule has 0 atom stereocenters. The number of rotatable bonds is 3. The summed E-state index contributed by atoms with van der Waals surface area (Å²) in [6.45, 7) is 1.59. The molecule has 3 N–H and O–H groups in total. The Morgan fingerprint density at radius 1 is 1.08 bits per heavy atom. The van der Waals surface area contributed by atoms with Gasteiger partial charge in [-0.1, -0.05) is 35.5 Å². The highest BCUT2D eigenvalue weighted by Crippen LogP contribution is 2.24. The van der Waals surface area contributed by atoms with Gasteiger partial charge in [0.1, 0.15) is 17.0 Å². The van der Waals surface area contributed by atoms with Gasteiger partial charge in [0.15, 0.2) is 0 Å². The van der Waals surface area contributed by atoms with E-state index in [1.807, 2.05) is 18.2 Å². The van der Waals surface area contributed by atoms with E-state index in [0.717, 1.165) is 12.8 Å². The lowest BCUT2D eigenvalue weighted by Gasteiger charge is -2.07. The molecule has 3 amide bonds. The monoisotopic (exact) mass is 328 g/mol. The summed E-state index contributed by atoms with van der Waals surface area (Å²) in [7, 11) is 0. The predicted molar refractivity (Wildman–Crippen MR) is 83.4 cm³/mol. The van der Waals surface area contributed by atoms with Crippen molar-refractivity contribution in [2.45, 2.75) is 25.8 Å². The fraction of sp³-hybridized carbons (Fsp3) is 0.250. The molecule has 1 aliphatic carbocycles. The van der Waals surface area contributed by atoms with Crippen molar-refractivity contribution in [2.24, 2.45) is 0 Å². The van der Waals surface area contributed by atoms with E-state index in [-0.39, 0.29) is 11.6 Å². The van der Waals surface area contributed by atoms with Crippen LogP contribution in [0.4, 0.5) is 0 Å². The van der Waals surface area contributed by atoms with Crippen molar-refractivity contribution < 1.29 is 18.9 Å². The van der Waals surface area contributed by atoms with E-state index < -0.39 is 17.7 Å². The maximum atomic E-state index is 12.3. The lowest BCUT2D eigenvalue weighted by molar-refractivity contribution is -0.139. The summed E-state index contributed by atoms with van der Waals surface area (Å²) in [5.74, 6) is -2.00. The van der Waals surface area contributed by atoms with Gasteiger partial charge in [-0.3, -0.25) is 25.2 Å². The molecular weight excluding hydrogens is 312 g/mol. The van der Waals surface area contributed by atoms with E-state index >= 15 is 0 Å². The quantitative estimate of drug-likeness (QED) is 0.567. The second kappa shape index (κ2) is 6.53. The topological polar surface area (TPSA) is 113 Å². The smallest absolute Gasteiger partial charge is 0.327 e. The number of hydrazine groups is 1. The van der Waals surface area contributed by atoms with Crippen molar-refractivity contribution in [1.82, 2.24) is 21.3 Å². The minimum atomic E-state index is -0.925. The number of benzene rings is 1. The molecule has 3 rings (SSSR count). The van der Waals surface area contributed by atoms with Gasteiger partial charge in [-0.05, 0) is 19.8 Å². The zero-order chi connectivity index (χ0) is 17.1. The van der Waals surface area contributed by atoms with Crippen LogP contribution in [0.3, 0.4) is 0 Å². The summed E-state index contributed by atoms with van der Waals surface area (Å²) in [6.07, 6.45) is 1.73. The Bertz CT molecular complexity index is 781. The third-order valence-corrected chi connectivity index (χ3v) is 3.55. The van der Waals surface area contributed by atoms with Crippen molar-refractivity contribution in [2.75, 3.05) is 0 Å². The van der Waals surface area contributed by atoms with Crippen LogP contribution in [0.25, 0.3) is 11.3 Å². The molecule has 0 saturated heterocycles. The largest absolute Gasteiger partial charge is 0.360 e. The molecule has 0 radical (unpaired) electrons. The van der Waals surface area contributed by atoms with Crippen molar-refractivity contribution in [3.05, 3.63) is 41.7 Å². The van der Waals surface area contributed by atoms with Gasteiger partial charge in [-0.2, -0.15) is 0 Å². The molecule has 8 heteroatoms. The van der Waals surface area contributed by atoms with Crippen molar-refractivity contribution in [1.29, 1.82) is 0 Å². The Labute approximate surface area is 137 Å². The van der Waals surface area contributed by atoms with Gasteiger partial charge in [-0.25, -0.2) is 0 Å². The molecule has 0 unspecified atom stereocenters. The van der Waals surface area contributed by atoms with Crippen LogP contribution in [0.2, 0.25) is 0 Å². The fourth-order valence-electron chi connectivity index (χ4n) is 2.14. The number of carbonyl (C=O) groups is 3. The number of hydrogen-bond donors (Lipinski definition) is 3. The highest BCUT2D eigenvalue weighted by Gasteiger charge is 2.27. The Morgan fingerprint density at radius 3 is 2.46 bits per heavy atom. The number of amides is 3. The number of aryl methyl sites for hydroxylation is 1. The minimum Gasteiger partial charge on any atom is -0.360 e. The Hall–Kier alpha value is -3.16. The van der Waals surface area contributed by atoms with Crippen LogP contribution in [0.15, 0.2) is 34.9 Å². The molecule has 2 aromatic rings. The van der Waals surface area contributed by atoms with Crippen LogP contribution in [0.1, 0.15) is 29.0 Å². The Kier molecular flexibility index (Phi) is 4.28. The van der Waals surface area contributed by atoms with Crippen LogP contribution in [-0.4, -0.2) is 28.9 Å². The first kappa shape index (κ1) is 15.7. The highest BCUT2D eigenvalue weighted by molar-refractivity contribution is 6.35. The molecule has 1 aliphatic rings. The molecule has 1 aromatic carbocycles. The normalized spacial score (nSPS) is 13.2. The summed E-state index contributed by atoms with van der Waals surface area (Å²) < 4.78 is 5.08. The van der Waals surface area contributed by atoms with Crippen molar-refractivity contribution >= 4 is 17.7 Å². The number of hydrogen-bond acceptors (Lipinski definition) is 5. The molecule has 1 aromatic heterocycles. The fourth-order valence-corrected chi connectivity index (χ4v) is 2.14. The minimum absolute atomic E-state index is 0.0592. The summed E-state index contributed by atoms with van der Waals surface area (Å²) >= 11 is 0. The Morgan fingerprint density at radius 2 is 1.79 bits per heavy atom. The molecule has 0 bridgehead atoms. The zero-order valence-electron chi connectivity index (χ0n) is 13.0. The van der Waals surface area contributed by atoms with E-state index in [1.54, 1.807) is 19.1 Å². The second-order valence-electron chi connectivity index (χ2n) is 5.48. The maximum Gasteiger partial charge on any atom is 0.327 e. The second-order valence-corrected chi connectivity index (χ2v) is 5.48. The average molecular weight is 328 g/mol. The first-order chi connectivity index (χ1) is 11.6. The molecule has 8 nitrogen and oxygen atoms in total. The molecule has 24 heavy (non-hydrogen) atoms. The summed E-state index contributed by atoms with van der Waals surface area (Å²) in [5.41, 5.74) is 5.57. The number of carbonyl (C=O) groups excluding carboxylic acids is 3. The molecule has 0 aliphatic heterocycles. The lowest BCUT2D eigenvalue weighted by atomic mass is 10.1. The van der Waals surface area contributed by atoms with Crippen LogP contribution in [0.5, 0.6) is 0 Å². The van der Waals surface area contributed by atoms with Gasteiger partial charge >= 0.3 is 11.8 Å². The van der Waals surface area contributed by atoms with E-state index in [2.05, 4.69) is 21.3 Å². The predicted octanol–water partition coefficient (Wildman–Crippen LogP) is 0.690. The third-order valence-electron chi connectivity index (χ3n) is 3.55. The van der Waals surface area contributed by atoms with Crippen molar-refractivity contribution in [3.8, 4) is 11.3 Å². The van der Waals surface area contributed by atoms with E-state index in [9.17, 15) is 14.4 Å². The van der Waals surface area contributed by atoms with Crippen molar-refractivity contribution in [3.63, 3.8) is 0 Å². The van der Waals surface area contributed by atoms with E-state index in [0.29, 0.717) is 17.0 Å². The van der Waals surface area contributed by atoms with Gasteiger partial charge in [0.05, 0.1) is 0 Å². The molecule has 1 saturated carbocycles. The molecule has 124 valence electrons. The molecule has 0 spiro atoms. The standard InChI is InChI=1S/C16H16N4O4/c1-9-12(13(20-24-9)10-5-3-2-4-6-10)14(21)18-19-16(23)15(22)17-11-7-8-11/h2-6,11H,7-8H2,1H3,(H,17,22)(H,18,21)(H,19,23). The van der Waals surface area contributed by atoms with Crippen LogP contribution < -0.4 is 16.2 Å². The number of nitrogens with zero attached hydrogens (tertiary/aromatic N) is 1. The van der Waals surface area contributed by atoms with Gasteiger partial charge in [0, 0.05) is 11.6 Å². The zero-order valence-corrected chi connectivity index (χ0v) is 13.0. The molecule has 1 fully saturated rings. The lowest BCUT2D eigenvalue weighted by Crippen LogP contribution is -2.49. The van der Waals surface area contributed by atoms with E-state index in [1.165, 1.54) is 0 Å². The van der Waals surface area contributed by atoms with Crippen LogP contribution >= 0.6 is 0 Å². The first-order valence-corrected chi connectivity index (χ1v) is 7.49. The summed E-state index contributed by atoms with van der Waals surface area (Å²) in [6, 6.07) is 9.10. The van der Waals surface area contributed by atoms with Gasteiger partial charge in [0.2, 0.25) is 0 Å². The maximum absolute atomic E-state index is 12.3. The van der Waals surface area contributed by atoms with Gasteiger partial charge in [0.25, 0.3) is 5.91 Å². The third kappa shape index (κ3) is 3.43. The van der Waals surface area contributed by atoms with Crippen LogP contribution in [0, 0.1) is 6.92 Å². The molecular formula is C16H16N4O4. The number of aromatic nitrogens is 1. The summed E-state index contributed by atoms with van der Waals surface area (Å²) in [5, 5.41) is 6.42. The first-order valence-electron chi connectivity index (χ1n) is 7.49. The van der Waals surface area contributed by atoms with E-state index in [4.69, 9.17) is 4.52 Å². The highest BCUT2D eigenvalue weighted by atomic mass is 16.5. The van der Waals surface area contributed by atoms with Gasteiger partial charge < -0.3 is 9.84 Å². The number of nitrogens with one attached hydrogen (secondary N) is 3. The SMILES string of the molecule is Cc1onc(-c2ccccc2)c1C(=O)NNC(=O)C(=O)NC1CC1. The van der Waals surface area contributed by atoms with Gasteiger partial charge in [-0.15, -0.1) is 0 Å². The van der Waals surface area contributed by atoms with Crippen LogP contribution in [-0.2, 0) is 9.59 Å². The molecule has 1 heterocycles.